The van der Waals surface area contributed by atoms with Crippen molar-refractivity contribution in [3.63, 3.8) is 0 Å². The normalized spacial score (nSPS) is 17.3. The Hall–Kier alpha value is -2.37. The predicted molar refractivity (Wildman–Crippen MR) is 128 cm³/mol. The summed E-state index contributed by atoms with van der Waals surface area (Å²) in [5.74, 6) is 0.126. The first kappa shape index (κ1) is 21.8. The molecule has 1 aromatic heterocycles. The summed E-state index contributed by atoms with van der Waals surface area (Å²) in [6.07, 6.45) is 8.49. The third-order valence-electron chi connectivity index (χ3n) is 6.28. The third-order valence-corrected chi connectivity index (χ3v) is 8.01. The average Bonchev–Trinajstić information content (AvgIpc) is 3.38. The third kappa shape index (κ3) is 5.28. The first-order valence-corrected chi connectivity index (χ1v) is 12.8. The van der Waals surface area contributed by atoms with E-state index in [1.807, 2.05) is 12.1 Å². The molecule has 5 heteroatoms. The number of likely N-dealkylation sites (tertiary alicyclic amines) is 1. The van der Waals surface area contributed by atoms with Crippen molar-refractivity contribution in [3.05, 3.63) is 77.5 Å². The molecule has 1 aliphatic rings. The molecule has 1 atom stereocenters. The van der Waals surface area contributed by atoms with Gasteiger partial charge in [-0.15, -0.1) is 0 Å². The van der Waals surface area contributed by atoms with Crippen molar-refractivity contribution in [3.8, 4) is 0 Å². The summed E-state index contributed by atoms with van der Waals surface area (Å²) in [6.45, 7) is 6.51. The molecule has 4 rings (SSSR count). The molecule has 1 saturated heterocycles. The molecule has 1 aliphatic heterocycles. The number of benzene rings is 2. The highest BCUT2D eigenvalue weighted by molar-refractivity contribution is 7.91. The standard InChI is InChI=1S/C26H32N2O2S/c1-20(2)12-15-28-14-6-7-23(28)18-22-19-27-26-11-10-21(17-25(22)26)13-16-31(29,30)24-8-4-3-5-9-24/h3-5,8-12,17,19,23,27H,6-7,13-16,18H2,1-2H3/t23-/m1/s1. The number of H-pyrrole nitrogens is 1. The number of rotatable bonds is 8. The molecule has 0 saturated carbocycles. The van der Waals surface area contributed by atoms with E-state index in [-0.39, 0.29) is 5.75 Å². The highest BCUT2D eigenvalue weighted by Gasteiger charge is 2.24. The second-order valence-electron chi connectivity index (χ2n) is 8.85. The maximum Gasteiger partial charge on any atom is 0.178 e. The van der Waals surface area contributed by atoms with Gasteiger partial charge in [-0.2, -0.15) is 0 Å². The lowest BCUT2D eigenvalue weighted by Crippen LogP contribution is -2.31. The van der Waals surface area contributed by atoms with Gasteiger partial charge in [0.25, 0.3) is 0 Å². The lowest BCUT2D eigenvalue weighted by molar-refractivity contribution is 0.279. The van der Waals surface area contributed by atoms with Crippen molar-refractivity contribution < 1.29 is 8.42 Å². The van der Waals surface area contributed by atoms with Crippen LogP contribution in [0.15, 0.2) is 71.3 Å². The van der Waals surface area contributed by atoms with E-state index in [4.69, 9.17) is 0 Å². The van der Waals surface area contributed by atoms with Gasteiger partial charge >= 0.3 is 0 Å². The smallest absolute Gasteiger partial charge is 0.178 e. The van der Waals surface area contributed by atoms with E-state index in [1.165, 1.54) is 35.9 Å². The van der Waals surface area contributed by atoms with Crippen molar-refractivity contribution >= 4 is 20.7 Å². The molecule has 0 radical (unpaired) electrons. The maximum atomic E-state index is 12.6. The van der Waals surface area contributed by atoms with E-state index in [9.17, 15) is 8.42 Å². The van der Waals surface area contributed by atoms with Crippen LogP contribution in [0, 0.1) is 0 Å². The molecule has 1 N–H and O–H groups in total. The monoisotopic (exact) mass is 436 g/mol. The lowest BCUT2D eigenvalue weighted by Gasteiger charge is -2.23. The summed E-state index contributed by atoms with van der Waals surface area (Å²) in [5.41, 5.74) is 4.89. The SMILES string of the molecule is CC(C)=CCN1CCC[C@@H]1Cc1c[nH]c2ccc(CCS(=O)(=O)c3ccccc3)cc12. The van der Waals surface area contributed by atoms with Crippen molar-refractivity contribution in [2.24, 2.45) is 0 Å². The molecule has 0 unspecified atom stereocenters. The predicted octanol–water partition coefficient (Wildman–Crippen LogP) is 5.16. The molecular weight excluding hydrogens is 404 g/mol. The van der Waals surface area contributed by atoms with Crippen molar-refractivity contribution in [2.75, 3.05) is 18.8 Å². The number of allylic oxidation sites excluding steroid dienone is 1. The van der Waals surface area contributed by atoms with E-state index in [2.05, 4.69) is 48.1 Å². The first-order valence-electron chi connectivity index (χ1n) is 11.2. The molecule has 4 nitrogen and oxygen atoms in total. The number of nitrogens with one attached hydrogen (secondary N) is 1. The zero-order valence-corrected chi connectivity index (χ0v) is 19.3. The Bertz CT molecular complexity index is 1160. The van der Waals surface area contributed by atoms with Gasteiger partial charge in [0.2, 0.25) is 0 Å². The molecular formula is C26H32N2O2S. The number of aromatic nitrogens is 1. The summed E-state index contributed by atoms with van der Waals surface area (Å²) >= 11 is 0. The van der Waals surface area contributed by atoms with Gasteiger partial charge in [-0.05, 0) is 81.5 Å². The van der Waals surface area contributed by atoms with Crippen LogP contribution >= 0.6 is 0 Å². The number of aryl methyl sites for hydroxylation is 1. The largest absolute Gasteiger partial charge is 0.361 e. The number of aromatic amines is 1. The second-order valence-corrected chi connectivity index (χ2v) is 11.0. The van der Waals surface area contributed by atoms with Crippen LogP contribution in [0.5, 0.6) is 0 Å². The molecule has 0 amide bonds. The number of fused-ring (bicyclic) bond motifs is 1. The molecule has 1 fully saturated rings. The molecule has 164 valence electrons. The van der Waals surface area contributed by atoms with Crippen LogP contribution in [-0.2, 0) is 22.7 Å². The van der Waals surface area contributed by atoms with Gasteiger partial charge in [0, 0.05) is 29.7 Å². The maximum absolute atomic E-state index is 12.6. The summed E-state index contributed by atoms with van der Waals surface area (Å²) in [5, 5.41) is 1.23. The van der Waals surface area contributed by atoms with Gasteiger partial charge in [-0.3, -0.25) is 4.90 Å². The molecule has 0 aliphatic carbocycles. The molecule has 2 aromatic carbocycles. The zero-order valence-electron chi connectivity index (χ0n) is 18.5. The summed E-state index contributed by atoms with van der Waals surface area (Å²) in [4.78, 5) is 6.39. The fourth-order valence-electron chi connectivity index (χ4n) is 4.47. The van der Waals surface area contributed by atoms with Gasteiger partial charge < -0.3 is 4.98 Å². The fourth-order valence-corrected chi connectivity index (χ4v) is 5.78. The Morgan fingerprint density at radius 2 is 1.97 bits per heavy atom. The first-order chi connectivity index (χ1) is 14.9. The molecule has 31 heavy (non-hydrogen) atoms. The van der Waals surface area contributed by atoms with Crippen LogP contribution < -0.4 is 0 Å². The van der Waals surface area contributed by atoms with Crippen molar-refractivity contribution in [1.82, 2.24) is 9.88 Å². The van der Waals surface area contributed by atoms with Gasteiger partial charge in [-0.1, -0.05) is 35.9 Å². The van der Waals surface area contributed by atoms with Crippen LogP contribution in [0.3, 0.4) is 0 Å². The summed E-state index contributed by atoms with van der Waals surface area (Å²) in [7, 11) is -3.27. The lowest BCUT2D eigenvalue weighted by atomic mass is 10.0. The fraction of sp³-hybridized carbons (Fsp3) is 0.385. The van der Waals surface area contributed by atoms with E-state index < -0.39 is 9.84 Å². The van der Waals surface area contributed by atoms with Crippen LogP contribution in [0.1, 0.15) is 37.8 Å². The number of nitrogens with zero attached hydrogens (tertiary/aromatic N) is 1. The van der Waals surface area contributed by atoms with Gasteiger partial charge in [0.05, 0.1) is 10.6 Å². The average molecular weight is 437 g/mol. The van der Waals surface area contributed by atoms with Gasteiger partial charge in [0.1, 0.15) is 0 Å². The Kier molecular flexibility index (Phi) is 6.63. The quantitative estimate of drug-likeness (QED) is 0.497. The van der Waals surface area contributed by atoms with E-state index in [1.54, 1.807) is 24.3 Å². The molecule has 0 spiro atoms. The minimum absolute atomic E-state index is 0.126. The molecule has 0 bridgehead atoms. The van der Waals surface area contributed by atoms with E-state index >= 15 is 0 Å². The van der Waals surface area contributed by atoms with E-state index in [0.717, 1.165) is 24.0 Å². The Morgan fingerprint density at radius 3 is 2.74 bits per heavy atom. The minimum Gasteiger partial charge on any atom is -0.361 e. The van der Waals surface area contributed by atoms with Gasteiger partial charge in [-0.25, -0.2) is 8.42 Å². The minimum atomic E-state index is -3.27. The van der Waals surface area contributed by atoms with Gasteiger partial charge in [0.15, 0.2) is 9.84 Å². The van der Waals surface area contributed by atoms with Crippen LogP contribution in [0.4, 0.5) is 0 Å². The van der Waals surface area contributed by atoms with Crippen LogP contribution in [0.25, 0.3) is 10.9 Å². The second kappa shape index (κ2) is 9.41. The number of hydrogen-bond donors (Lipinski definition) is 1. The Morgan fingerprint density at radius 1 is 1.16 bits per heavy atom. The number of sulfone groups is 1. The van der Waals surface area contributed by atoms with Crippen molar-refractivity contribution in [1.29, 1.82) is 0 Å². The summed E-state index contributed by atoms with van der Waals surface area (Å²) in [6, 6.07) is 15.6. The highest BCUT2D eigenvalue weighted by Crippen LogP contribution is 2.27. The highest BCUT2D eigenvalue weighted by atomic mass is 32.2. The Balaban J connectivity index is 1.48. The zero-order chi connectivity index (χ0) is 21.8. The molecule has 3 aromatic rings. The van der Waals surface area contributed by atoms with Crippen LogP contribution in [-0.4, -0.2) is 43.2 Å². The van der Waals surface area contributed by atoms with Crippen LogP contribution in [0.2, 0.25) is 0 Å². The number of hydrogen-bond acceptors (Lipinski definition) is 3. The summed E-state index contributed by atoms with van der Waals surface area (Å²) < 4.78 is 25.3. The van der Waals surface area contributed by atoms with Crippen molar-refractivity contribution in [2.45, 2.75) is 50.5 Å². The molecule has 2 heterocycles. The van der Waals surface area contributed by atoms with E-state index in [0.29, 0.717) is 17.4 Å². The topological polar surface area (TPSA) is 53.2 Å². The Labute approximate surface area is 185 Å².